The third kappa shape index (κ3) is 4.08. The highest BCUT2D eigenvalue weighted by Gasteiger charge is 2.49. The molecule has 4 rings (SSSR count). The first kappa shape index (κ1) is 21.8. The Bertz CT molecular complexity index is 1050. The lowest BCUT2D eigenvalue weighted by Crippen LogP contribution is -2.48. The molecule has 0 saturated carbocycles. The fourth-order valence-corrected chi connectivity index (χ4v) is 4.19. The molecule has 11 nitrogen and oxygen atoms in total. The second-order valence-electron chi connectivity index (χ2n) is 7.08. The van der Waals surface area contributed by atoms with Gasteiger partial charge in [-0.05, 0) is 28.2 Å². The van der Waals surface area contributed by atoms with E-state index in [1.54, 1.807) is 0 Å². The van der Waals surface area contributed by atoms with E-state index >= 15 is 0 Å². The number of aliphatic hydroxyl groups is 2. The summed E-state index contributed by atoms with van der Waals surface area (Å²) in [6, 6.07) is 9.42. The number of carbonyl (C=O) groups excluding carboxylic acids is 1. The summed E-state index contributed by atoms with van der Waals surface area (Å²) in [7, 11) is 1.52. The molecule has 0 spiro atoms. The van der Waals surface area contributed by atoms with Crippen molar-refractivity contribution >= 4 is 46.0 Å². The third-order valence-electron chi connectivity index (χ3n) is 5.11. The highest BCUT2D eigenvalue weighted by molar-refractivity contribution is 14.1. The van der Waals surface area contributed by atoms with Gasteiger partial charge in [0, 0.05) is 7.05 Å². The fourth-order valence-electron chi connectivity index (χ4n) is 3.48. The predicted octanol–water partition coefficient (Wildman–Crippen LogP) is 0.592. The molecule has 3 heterocycles. The molecule has 1 aromatic carbocycles. The van der Waals surface area contributed by atoms with Crippen molar-refractivity contribution in [2.75, 3.05) is 12.8 Å². The Balaban J connectivity index is 1.62. The van der Waals surface area contributed by atoms with Crippen molar-refractivity contribution in [2.45, 2.75) is 34.9 Å². The number of alkyl halides is 1. The highest BCUT2D eigenvalue weighted by Crippen LogP contribution is 2.37. The Morgan fingerprint density at radius 3 is 2.71 bits per heavy atom. The van der Waals surface area contributed by atoms with Crippen LogP contribution in [0.1, 0.15) is 15.9 Å². The van der Waals surface area contributed by atoms with Gasteiger partial charge in [0.15, 0.2) is 23.9 Å². The number of carbonyl (C=O) groups is 1. The smallest absolute Gasteiger partial charge is 0.211 e. The summed E-state index contributed by atoms with van der Waals surface area (Å²) in [6.45, 7) is 0. The number of aromatic nitrogens is 4. The number of fused-ring (bicyclic) bond motifs is 1. The van der Waals surface area contributed by atoms with Crippen LogP contribution >= 0.6 is 22.6 Å². The first-order chi connectivity index (χ1) is 14.9. The summed E-state index contributed by atoms with van der Waals surface area (Å²) in [5.74, 6) is 0.186. The summed E-state index contributed by atoms with van der Waals surface area (Å²) in [5, 5.41) is 21.5. The van der Waals surface area contributed by atoms with Crippen molar-refractivity contribution in [3.63, 3.8) is 0 Å². The molecule has 1 aliphatic heterocycles. The lowest BCUT2D eigenvalue weighted by atomic mass is 10.1. The lowest BCUT2D eigenvalue weighted by molar-refractivity contribution is -0.169. The van der Waals surface area contributed by atoms with E-state index in [-0.39, 0.29) is 5.82 Å². The Hall–Kier alpha value is -2.39. The highest BCUT2D eigenvalue weighted by atomic mass is 127. The van der Waals surface area contributed by atoms with Crippen molar-refractivity contribution in [1.82, 2.24) is 24.4 Å². The van der Waals surface area contributed by atoms with Crippen LogP contribution in [0.2, 0.25) is 0 Å². The van der Waals surface area contributed by atoms with E-state index in [0.717, 1.165) is 5.56 Å². The molecule has 1 saturated heterocycles. The van der Waals surface area contributed by atoms with E-state index in [1.165, 1.54) is 29.2 Å². The number of ether oxygens (including phenoxy) is 2. The van der Waals surface area contributed by atoms with Gasteiger partial charge in [0.1, 0.15) is 34.3 Å². The van der Waals surface area contributed by atoms with Crippen LogP contribution in [-0.4, -0.2) is 72.6 Å². The molecule has 1 aliphatic rings. The minimum atomic E-state index is -1.34. The third-order valence-corrected chi connectivity index (χ3v) is 6.12. The summed E-state index contributed by atoms with van der Waals surface area (Å²) < 4.78 is 13.1. The van der Waals surface area contributed by atoms with Gasteiger partial charge in [-0.25, -0.2) is 15.0 Å². The predicted molar refractivity (Wildman–Crippen MR) is 118 cm³/mol. The number of halogens is 1. The Labute approximate surface area is 191 Å². The van der Waals surface area contributed by atoms with Gasteiger partial charge < -0.3 is 30.3 Å². The van der Waals surface area contributed by atoms with Crippen molar-refractivity contribution in [2.24, 2.45) is 0 Å². The van der Waals surface area contributed by atoms with Gasteiger partial charge in [-0.2, -0.15) is 0 Å². The molecule has 12 heteroatoms. The summed E-state index contributed by atoms with van der Waals surface area (Å²) in [4.78, 5) is 25.0. The van der Waals surface area contributed by atoms with Gasteiger partial charge in [0.05, 0.1) is 6.33 Å². The van der Waals surface area contributed by atoms with Crippen LogP contribution in [0.15, 0.2) is 43.0 Å². The van der Waals surface area contributed by atoms with Crippen molar-refractivity contribution in [1.29, 1.82) is 0 Å². The largest absolute Gasteiger partial charge is 0.387 e. The van der Waals surface area contributed by atoms with Gasteiger partial charge in [-0.15, -0.1) is 0 Å². The zero-order valence-electron chi connectivity index (χ0n) is 16.4. The molecule has 31 heavy (non-hydrogen) atoms. The number of aliphatic hydroxyl groups excluding tert-OH is 2. The minimum absolute atomic E-state index is 0.186. The monoisotopic (exact) mass is 540 g/mol. The molecule has 0 radical (unpaired) electrons. The van der Waals surface area contributed by atoms with E-state index in [1.807, 2.05) is 30.3 Å². The summed E-state index contributed by atoms with van der Waals surface area (Å²) in [6.07, 6.45) is -2.43. The van der Waals surface area contributed by atoms with E-state index in [0.29, 0.717) is 17.6 Å². The van der Waals surface area contributed by atoms with Crippen LogP contribution in [0.25, 0.3) is 11.2 Å². The van der Waals surface area contributed by atoms with Crippen molar-refractivity contribution in [3.8, 4) is 0 Å². The first-order valence-corrected chi connectivity index (χ1v) is 10.6. The Kier molecular flexibility index (Phi) is 6.34. The van der Waals surface area contributed by atoms with Crippen LogP contribution in [0.5, 0.6) is 0 Å². The van der Waals surface area contributed by atoms with Crippen molar-refractivity contribution < 1.29 is 24.5 Å². The second-order valence-corrected chi connectivity index (χ2v) is 8.21. The summed E-state index contributed by atoms with van der Waals surface area (Å²) >= 11 is 2.09. The quantitative estimate of drug-likeness (QED) is 0.170. The second kappa shape index (κ2) is 9.00. The zero-order valence-corrected chi connectivity index (χ0v) is 18.6. The van der Waals surface area contributed by atoms with E-state index in [2.05, 4.69) is 37.5 Å². The standard InChI is InChI=1S/C19H21IN6O5/c1-25(9-27)19(31-15(20)10-5-3-2-4-6-10)14-12(28)13(29)18(30-14)26-8-24-11-16(21)22-7-23-17(11)26/h2-9,12-15,18-19,28-29H,1H3,(H2,21,22,23)/t12-,13+,14-,15?,18+,19?/m0/s1. The molecule has 0 bridgehead atoms. The Morgan fingerprint density at radius 1 is 1.26 bits per heavy atom. The number of amides is 1. The van der Waals surface area contributed by atoms with Crippen LogP contribution < -0.4 is 5.73 Å². The van der Waals surface area contributed by atoms with Gasteiger partial charge in [0.25, 0.3) is 0 Å². The number of imidazole rings is 1. The maximum absolute atomic E-state index is 11.5. The average Bonchev–Trinajstić information content (AvgIpc) is 3.34. The van der Waals surface area contributed by atoms with Crippen LogP contribution in [0, 0.1) is 0 Å². The maximum atomic E-state index is 11.5. The minimum Gasteiger partial charge on any atom is -0.387 e. The number of nitrogens with zero attached hydrogens (tertiary/aromatic N) is 5. The number of likely N-dealkylation sites (N-methyl/N-ethyl adjacent to an activating group) is 1. The van der Waals surface area contributed by atoms with Crippen LogP contribution in [0.4, 0.5) is 5.82 Å². The molecule has 2 aromatic heterocycles. The molecule has 1 amide bonds. The molecule has 6 atom stereocenters. The number of anilines is 1. The number of benzene rings is 1. The average molecular weight is 540 g/mol. The topological polar surface area (TPSA) is 149 Å². The van der Waals surface area contributed by atoms with Gasteiger partial charge in [-0.3, -0.25) is 9.36 Å². The fraction of sp³-hybridized carbons (Fsp3) is 0.368. The molecule has 4 N–H and O–H groups in total. The number of nitrogens with two attached hydrogens (primary N) is 1. The normalized spacial score (nSPS) is 25.4. The van der Waals surface area contributed by atoms with Gasteiger partial charge >= 0.3 is 0 Å². The maximum Gasteiger partial charge on any atom is 0.211 e. The van der Waals surface area contributed by atoms with E-state index < -0.39 is 34.9 Å². The number of nitrogen functional groups attached to an aromatic ring is 1. The number of hydrogen-bond acceptors (Lipinski definition) is 9. The SMILES string of the molecule is CN(C=O)C(OC(I)c1ccccc1)[C@H]1O[C@@H](n2cnc3c(N)ncnc32)[C@H](O)[C@@H]1O. The molecular weight excluding hydrogens is 519 g/mol. The molecular formula is C19H21IN6O5. The van der Waals surface area contributed by atoms with Crippen LogP contribution in [0.3, 0.4) is 0 Å². The number of hydrogen-bond donors (Lipinski definition) is 3. The molecule has 164 valence electrons. The van der Waals surface area contributed by atoms with Gasteiger partial charge in [-0.1, -0.05) is 30.3 Å². The molecule has 2 unspecified atom stereocenters. The zero-order chi connectivity index (χ0) is 22.1. The molecule has 1 fully saturated rings. The first-order valence-electron chi connectivity index (χ1n) is 9.38. The van der Waals surface area contributed by atoms with Crippen LogP contribution in [-0.2, 0) is 14.3 Å². The lowest BCUT2D eigenvalue weighted by Gasteiger charge is -2.32. The number of rotatable bonds is 7. The van der Waals surface area contributed by atoms with E-state index in [4.69, 9.17) is 15.2 Å². The van der Waals surface area contributed by atoms with Crippen molar-refractivity contribution in [3.05, 3.63) is 48.5 Å². The molecule has 3 aromatic rings. The molecule has 0 aliphatic carbocycles. The Morgan fingerprint density at radius 2 is 2.00 bits per heavy atom. The summed E-state index contributed by atoms with van der Waals surface area (Å²) in [5.41, 5.74) is 7.41. The van der Waals surface area contributed by atoms with E-state index in [9.17, 15) is 15.0 Å². The van der Waals surface area contributed by atoms with Gasteiger partial charge in [0.2, 0.25) is 6.41 Å².